The minimum atomic E-state index is 0.138. The van der Waals surface area contributed by atoms with E-state index >= 15 is 0 Å². The minimum absolute atomic E-state index is 0.138. The second-order valence-corrected chi connectivity index (χ2v) is 7.08. The number of aryl methyl sites for hydroxylation is 1. The maximum Gasteiger partial charge on any atom is 0.0686 e. The van der Waals surface area contributed by atoms with Crippen LogP contribution in [-0.4, -0.2) is 12.2 Å². The molecule has 1 heterocycles. The van der Waals surface area contributed by atoms with Gasteiger partial charge in [0.05, 0.1) is 5.60 Å². The van der Waals surface area contributed by atoms with E-state index < -0.39 is 0 Å². The van der Waals surface area contributed by atoms with Crippen LogP contribution in [0.4, 0.5) is 0 Å². The van der Waals surface area contributed by atoms with E-state index in [2.05, 4.69) is 41.1 Å². The van der Waals surface area contributed by atoms with Gasteiger partial charge in [-0.15, -0.1) is 0 Å². The zero-order chi connectivity index (χ0) is 13.5. The van der Waals surface area contributed by atoms with Crippen LogP contribution >= 0.6 is 15.9 Å². The van der Waals surface area contributed by atoms with Crippen LogP contribution in [0.3, 0.4) is 0 Å². The third kappa shape index (κ3) is 2.61. The first-order valence-corrected chi connectivity index (χ1v) is 8.05. The molecule has 1 spiro atoms. The van der Waals surface area contributed by atoms with Gasteiger partial charge in [0.15, 0.2) is 0 Å². The van der Waals surface area contributed by atoms with Gasteiger partial charge < -0.3 is 10.5 Å². The largest absolute Gasteiger partial charge is 0.375 e. The molecule has 2 nitrogen and oxygen atoms in total. The first-order valence-electron chi connectivity index (χ1n) is 7.25. The quantitative estimate of drug-likeness (QED) is 0.889. The molecule has 1 saturated carbocycles. The molecular formula is C16H22BrNO. The lowest BCUT2D eigenvalue weighted by atomic mass is 9.69. The fourth-order valence-electron chi connectivity index (χ4n) is 3.52. The van der Waals surface area contributed by atoms with E-state index in [9.17, 15) is 0 Å². The van der Waals surface area contributed by atoms with E-state index in [1.165, 1.54) is 30.4 Å². The topological polar surface area (TPSA) is 35.2 Å². The summed E-state index contributed by atoms with van der Waals surface area (Å²) in [5.74, 6) is 0.557. The standard InChI is InChI=1S/C16H22BrNO/c1-11-3-4-13(17)9-14(11)15(18)12-5-8-19-16(10-12)6-2-7-16/h3-4,9,12,15H,2,5-8,10,18H2,1H3. The Bertz CT molecular complexity index is 470. The zero-order valence-corrected chi connectivity index (χ0v) is 13.1. The van der Waals surface area contributed by atoms with Crippen LogP contribution in [-0.2, 0) is 4.74 Å². The molecule has 1 aliphatic carbocycles. The summed E-state index contributed by atoms with van der Waals surface area (Å²) in [4.78, 5) is 0. The molecule has 19 heavy (non-hydrogen) atoms. The van der Waals surface area contributed by atoms with Crippen LogP contribution in [0.15, 0.2) is 22.7 Å². The Morgan fingerprint density at radius 1 is 1.42 bits per heavy atom. The van der Waals surface area contributed by atoms with Crippen molar-refractivity contribution in [2.24, 2.45) is 11.7 Å². The first-order chi connectivity index (χ1) is 9.10. The lowest BCUT2D eigenvalue weighted by Gasteiger charge is -2.48. The lowest BCUT2D eigenvalue weighted by molar-refractivity contribution is -0.146. The summed E-state index contributed by atoms with van der Waals surface area (Å²) in [5, 5.41) is 0. The SMILES string of the molecule is Cc1ccc(Br)cc1C(N)C1CCOC2(CCC2)C1. The fourth-order valence-corrected chi connectivity index (χ4v) is 3.89. The van der Waals surface area contributed by atoms with Gasteiger partial charge in [-0.2, -0.15) is 0 Å². The predicted molar refractivity (Wildman–Crippen MR) is 81.1 cm³/mol. The zero-order valence-electron chi connectivity index (χ0n) is 11.5. The van der Waals surface area contributed by atoms with E-state index in [-0.39, 0.29) is 11.6 Å². The molecule has 0 aromatic heterocycles. The van der Waals surface area contributed by atoms with Crippen LogP contribution in [0, 0.1) is 12.8 Å². The summed E-state index contributed by atoms with van der Waals surface area (Å²) in [6.07, 6.45) is 6.01. The predicted octanol–water partition coefficient (Wildman–Crippen LogP) is 4.11. The van der Waals surface area contributed by atoms with Gasteiger partial charge in [-0.25, -0.2) is 0 Å². The van der Waals surface area contributed by atoms with Crippen LogP contribution in [0.25, 0.3) is 0 Å². The summed E-state index contributed by atoms with van der Waals surface area (Å²) in [6.45, 7) is 3.03. The number of nitrogens with two attached hydrogens (primary N) is 1. The van der Waals surface area contributed by atoms with Crippen molar-refractivity contribution in [2.75, 3.05) is 6.61 Å². The van der Waals surface area contributed by atoms with Crippen molar-refractivity contribution in [3.8, 4) is 0 Å². The van der Waals surface area contributed by atoms with Gasteiger partial charge in [-0.3, -0.25) is 0 Å². The van der Waals surface area contributed by atoms with Gasteiger partial charge in [-0.1, -0.05) is 22.0 Å². The molecule has 0 bridgehead atoms. The average molecular weight is 324 g/mol. The Morgan fingerprint density at radius 2 is 2.21 bits per heavy atom. The molecule has 3 heteroatoms. The molecule has 2 atom stereocenters. The van der Waals surface area contributed by atoms with Crippen molar-refractivity contribution < 1.29 is 4.74 Å². The number of rotatable bonds is 2. The smallest absolute Gasteiger partial charge is 0.0686 e. The molecule has 3 rings (SSSR count). The molecule has 2 fully saturated rings. The molecule has 1 aromatic rings. The number of benzene rings is 1. The van der Waals surface area contributed by atoms with E-state index in [0.717, 1.165) is 23.9 Å². The Balaban J connectivity index is 1.79. The summed E-state index contributed by atoms with van der Waals surface area (Å²) < 4.78 is 7.13. The molecular weight excluding hydrogens is 302 g/mol. The highest BCUT2D eigenvalue weighted by Crippen LogP contribution is 2.47. The van der Waals surface area contributed by atoms with Crippen LogP contribution in [0.1, 0.15) is 49.3 Å². The number of halogens is 1. The van der Waals surface area contributed by atoms with Gasteiger partial charge >= 0.3 is 0 Å². The highest BCUT2D eigenvalue weighted by molar-refractivity contribution is 9.10. The van der Waals surface area contributed by atoms with Gasteiger partial charge in [-0.05, 0) is 68.2 Å². The monoisotopic (exact) mass is 323 g/mol. The van der Waals surface area contributed by atoms with E-state index in [1.54, 1.807) is 0 Å². The summed E-state index contributed by atoms with van der Waals surface area (Å²) >= 11 is 3.56. The second kappa shape index (κ2) is 5.19. The molecule has 0 radical (unpaired) electrons. The van der Waals surface area contributed by atoms with Crippen molar-refractivity contribution in [1.29, 1.82) is 0 Å². The Kier molecular flexibility index (Phi) is 3.71. The molecule has 0 amide bonds. The molecule has 2 N–H and O–H groups in total. The number of hydrogen-bond donors (Lipinski definition) is 1. The van der Waals surface area contributed by atoms with E-state index in [1.807, 2.05) is 0 Å². The summed E-state index contributed by atoms with van der Waals surface area (Å²) in [7, 11) is 0. The third-order valence-electron chi connectivity index (χ3n) is 4.90. The molecule has 2 aliphatic rings. The molecule has 1 aromatic carbocycles. The van der Waals surface area contributed by atoms with Gasteiger partial charge in [0, 0.05) is 17.1 Å². The number of hydrogen-bond acceptors (Lipinski definition) is 2. The summed E-state index contributed by atoms with van der Waals surface area (Å²) in [6, 6.07) is 6.56. The van der Waals surface area contributed by atoms with Crippen LogP contribution in [0.5, 0.6) is 0 Å². The fraction of sp³-hybridized carbons (Fsp3) is 0.625. The average Bonchev–Trinajstić information content (AvgIpc) is 2.39. The van der Waals surface area contributed by atoms with Crippen molar-refractivity contribution in [3.63, 3.8) is 0 Å². The Morgan fingerprint density at radius 3 is 2.89 bits per heavy atom. The van der Waals surface area contributed by atoms with Gasteiger partial charge in [0.2, 0.25) is 0 Å². The minimum Gasteiger partial charge on any atom is -0.375 e. The van der Waals surface area contributed by atoms with E-state index in [4.69, 9.17) is 10.5 Å². The van der Waals surface area contributed by atoms with Crippen molar-refractivity contribution >= 4 is 15.9 Å². The third-order valence-corrected chi connectivity index (χ3v) is 5.40. The molecule has 1 saturated heterocycles. The van der Waals surface area contributed by atoms with Crippen LogP contribution in [0.2, 0.25) is 0 Å². The molecule has 104 valence electrons. The van der Waals surface area contributed by atoms with Crippen molar-refractivity contribution in [2.45, 2.75) is 50.7 Å². The van der Waals surface area contributed by atoms with Crippen molar-refractivity contribution in [3.05, 3.63) is 33.8 Å². The van der Waals surface area contributed by atoms with Gasteiger partial charge in [0.25, 0.3) is 0 Å². The molecule has 1 aliphatic heterocycles. The Labute approximate surface area is 123 Å². The van der Waals surface area contributed by atoms with E-state index in [0.29, 0.717) is 5.92 Å². The molecule has 2 unspecified atom stereocenters. The summed E-state index contributed by atoms with van der Waals surface area (Å²) in [5.41, 5.74) is 9.33. The van der Waals surface area contributed by atoms with Crippen molar-refractivity contribution in [1.82, 2.24) is 0 Å². The van der Waals surface area contributed by atoms with Gasteiger partial charge in [0.1, 0.15) is 0 Å². The maximum atomic E-state index is 6.56. The number of ether oxygens (including phenoxy) is 1. The maximum absolute atomic E-state index is 6.56. The van der Waals surface area contributed by atoms with Crippen LogP contribution < -0.4 is 5.73 Å². The second-order valence-electron chi connectivity index (χ2n) is 6.16. The highest BCUT2D eigenvalue weighted by Gasteiger charge is 2.44. The normalized spacial score (nSPS) is 27.0. The highest BCUT2D eigenvalue weighted by atomic mass is 79.9. The first kappa shape index (κ1) is 13.6. The Hall–Kier alpha value is -0.380. The lowest BCUT2D eigenvalue weighted by Crippen LogP contribution is -2.47.